The Morgan fingerprint density at radius 1 is 0.943 bits per heavy atom. The molecule has 2 heterocycles. The molecule has 180 valence electrons. The lowest BCUT2D eigenvalue weighted by molar-refractivity contribution is 0.0644. The summed E-state index contributed by atoms with van der Waals surface area (Å²) in [5, 5.41) is 4.77. The Labute approximate surface area is 208 Å². The molecule has 0 aliphatic carbocycles. The van der Waals surface area contributed by atoms with Crippen LogP contribution in [-0.4, -0.2) is 46.9 Å². The minimum absolute atomic E-state index is 0. The highest BCUT2D eigenvalue weighted by atomic mass is 35.5. The number of benzene rings is 3. The molecule has 1 unspecified atom stereocenters. The molecule has 2 N–H and O–H groups in total. The number of fused-ring (bicyclic) bond motifs is 2. The van der Waals surface area contributed by atoms with Gasteiger partial charge in [-0.1, -0.05) is 35.9 Å². The molecule has 0 spiro atoms. The van der Waals surface area contributed by atoms with Crippen molar-refractivity contribution in [2.75, 3.05) is 6.54 Å². The number of hydrogen-bond acceptors (Lipinski definition) is 6. The summed E-state index contributed by atoms with van der Waals surface area (Å²) in [7, 11) is -3.83. The minimum Gasteiger partial charge on any atom is -0.326 e. The van der Waals surface area contributed by atoms with Crippen LogP contribution in [0.5, 0.6) is 0 Å². The Balaban J connectivity index is 0.00000289. The second-order valence-electron chi connectivity index (χ2n) is 8.43. The summed E-state index contributed by atoms with van der Waals surface area (Å²) in [6.45, 7) is 1.98. The molecule has 1 aliphatic heterocycles. The quantitative estimate of drug-likeness (QED) is 0.398. The van der Waals surface area contributed by atoms with E-state index in [2.05, 4.69) is 5.10 Å². The summed E-state index contributed by atoms with van der Waals surface area (Å²) < 4.78 is 27.1. The highest BCUT2D eigenvalue weighted by Crippen LogP contribution is 2.24. The van der Waals surface area contributed by atoms with E-state index in [0.717, 1.165) is 15.2 Å². The van der Waals surface area contributed by atoms with Gasteiger partial charge in [-0.15, -0.1) is 12.4 Å². The van der Waals surface area contributed by atoms with Crippen LogP contribution in [0.15, 0.2) is 77.8 Å². The van der Waals surface area contributed by atoms with Crippen LogP contribution in [0.25, 0.3) is 10.9 Å². The number of halogens is 1. The Kier molecular flexibility index (Phi) is 6.50. The molecular weight excluding hydrogens is 488 g/mol. The molecule has 8 nitrogen and oxygen atoms in total. The molecule has 4 aromatic rings. The summed E-state index contributed by atoms with van der Waals surface area (Å²) in [5.41, 5.74) is 9.34. The van der Waals surface area contributed by atoms with Crippen molar-refractivity contribution in [3.8, 4) is 0 Å². The number of carbonyl (C=O) groups excluding carboxylic acids is 2. The molecule has 2 amide bonds. The third-order valence-corrected chi connectivity index (χ3v) is 7.55. The number of carbonyl (C=O) groups is 2. The fraction of sp³-hybridized carbons (Fsp3) is 0.160. The molecule has 5 rings (SSSR count). The Hall–Kier alpha value is -3.53. The van der Waals surface area contributed by atoms with Gasteiger partial charge in [0.15, 0.2) is 0 Å². The highest BCUT2D eigenvalue weighted by Gasteiger charge is 2.35. The van der Waals surface area contributed by atoms with Gasteiger partial charge in [-0.2, -0.15) is 17.6 Å². The monoisotopic (exact) mass is 510 g/mol. The number of aryl methyl sites for hydroxylation is 1. The number of nitrogens with two attached hydrogens (primary N) is 1. The van der Waals surface area contributed by atoms with Gasteiger partial charge in [-0.05, 0) is 55.3 Å². The van der Waals surface area contributed by atoms with Crippen LogP contribution in [0.2, 0.25) is 0 Å². The van der Waals surface area contributed by atoms with Gasteiger partial charge in [-0.25, -0.2) is 0 Å². The summed E-state index contributed by atoms with van der Waals surface area (Å²) in [6.07, 6.45) is 1.90. The zero-order valence-corrected chi connectivity index (χ0v) is 20.4. The van der Waals surface area contributed by atoms with Crippen molar-refractivity contribution in [3.05, 3.63) is 95.2 Å². The Morgan fingerprint density at radius 2 is 1.57 bits per heavy atom. The van der Waals surface area contributed by atoms with E-state index in [1.807, 2.05) is 13.0 Å². The summed E-state index contributed by atoms with van der Waals surface area (Å²) in [5.74, 6) is -0.678. The molecule has 0 saturated carbocycles. The lowest BCUT2D eigenvalue weighted by atomic mass is 10.0. The van der Waals surface area contributed by atoms with Crippen molar-refractivity contribution in [3.63, 3.8) is 0 Å². The van der Waals surface area contributed by atoms with Gasteiger partial charge >= 0.3 is 0 Å². The zero-order chi connectivity index (χ0) is 24.0. The third kappa shape index (κ3) is 4.34. The van der Waals surface area contributed by atoms with E-state index < -0.39 is 16.1 Å². The van der Waals surface area contributed by atoms with Crippen LogP contribution >= 0.6 is 12.4 Å². The molecule has 35 heavy (non-hydrogen) atoms. The van der Waals surface area contributed by atoms with E-state index in [0.29, 0.717) is 28.5 Å². The second-order valence-corrected chi connectivity index (χ2v) is 10.2. The molecule has 0 bridgehead atoms. The first-order valence-electron chi connectivity index (χ1n) is 10.8. The van der Waals surface area contributed by atoms with Crippen molar-refractivity contribution in [1.82, 2.24) is 14.1 Å². The molecule has 10 heteroatoms. The number of rotatable bonds is 6. The van der Waals surface area contributed by atoms with Gasteiger partial charge in [0.05, 0.1) is 27.7 Å². The van der Waals surface area contributed by atoms with Crippen molar-refractivity contribution in [2.45, 2.75) is 24.3 Å². The van der Waals surface area contributed by atoms with Crippen molar-refractivity contribution in [1.29, 1.82) is 0 Å². The minimum atomic E-state index is -3.83. The Bertz CT molecular complexity index is 1510. The van der Waals surface area contributed by atoms with Crippen molar-refractivity contribution in [2.24, 2.45) is 5.73 Å². The number of nitrogens with zero attached hydrogens (tertiary/aromatic N) is 3. The number of aromatic nitrogens is 2. The van der Waals surface area contributed by atoms with Gasteiger partial charge in [0.2, 0.25) is 0 Å². The summed E-state index contributed by atoms with van der Waals surface area (Å²) >= 11 is 0. The highest BCUT2D eigenvalue weighted by molar-refractivity contribution is 7.90. The lowest BCUT2D eigenvalue weighted by Gasteiger charge is -2.19. The first-order chi connectivity index (χ1) is 16.3. The van der Waals surface area contributed by atoms with Crippen LogP contribution < -0.4 is 5.73 Å². The van der Waals surface area contributed by atoms with Crippen LogP contribution in [-0.2, 0) is 16.4 Å². The van der Waals surface area contributed by atoms with Gasteiger partial charge in [0.1, 0.15) is 0 Å². The molecule has 0 radical (unpaired) electrons. The average molecular weight is 511 g/mol. The van der Waals surface area contributed by atoms with E-state index in [1.54, 1.807) is 60.7 Å². The van der Waals surface area contributed by atoms with Crippen LogP contribution in [0.1, 0.15) is 31.8 Å². The van der Waals surface area contributed by atoms with Crippen LogP contribution in [0.3, 0.4) is 0 Å². The smallest absolute Gasteiger partial charge is 0.283 e. The molecule has 1 aliphatic rings. The zero-order valence-electron chi connectivity index (χ0n) is 18.8. The first-order valence-corrected chi connectivity index (χ1v) is 12.2. The lowest BCUT2D eigenvalue weighted by Crippen LogP contribution is -2.41. The van der Waals surface area contributed by atoms with Crippen LogP contribution in [0.4, 0.5) is 0 Å². The topological polar surface area (TPSA) is 115 Å². The van der Waals surface area contributed by atoms with Gasteiger partial charge in [0, 0.05) is 18.0 Å². The summed E-state index contributed by atoms with van der Waals surface area (Å²) in [4.78, 5) is 26.5. The van der Waals surface area contributed by atoms with E-state index in [9.17, 15) is 18.0 Å². The van der Waals surface area contributed by atoms with Crippen LogP contribution in [0, 0.1) is 6.92 Å². The normalized spacial score (nSPS) is 14.2. The molecular formula is C25H23ClN4O4S. The molecule has 0 fully saturated rings. The second kappa shape index (κ2) is 9.26. The number of amides is 2. The maximum atomic E-state index is 13.0. The molecule has 1 aromatic heterocycles. The molecule has 0 saturated heterocycles. The standard InChI is InChI=1S/C25H22N4O4S.ClH/c1-16-6-9-20(10-7-16)34(32,33)29-23-11-8-17(12-18(23)14-27-29)13-19(26)15-28-24(30)21-4-2-3-5-22(21)25(28)31;/h2-12,14,19H,13,15,26H2,1H3;1H. The van der Waals surface area contributed by atoms with E-state index >= 15 is 0 Å². The van der Waals surface area contributed by atoms with E-state index in [4.69, 9.17) is 5.73 Å². The number of hydrogen-bond donors (Lipinski definition) is 1. The SMILES string of the molecule is Cc1ccc(S(=O)(=O)n2ncc3cc(CC(N)CN4C(=O)c5ccccc5C4=O)ccc32)cc1.Cl. The van der Waals surface area contributed by atoms with Crippen molar-refractivity contribution >= 4 is 45.1 Å². The van der Waals surface area contributed by atoms with Gasteiger partial charge in [0.25, 0.3) is 21.8 Å². The van der Waals surface area contributed by atoms with Gasteiger partial charge in [-0.3, -0.25) is 14.5 Å². The summed E-state index contributed by atoms with van der Waals surface area (Å²) in [6, 6.07) is 18.1. The fourth-order valence-electron chi connectivity index (χ4n) is 4.19. The average Bonchev–Trinajstić information content (AvgIpc) is 3.35. The van der Waals surface area contributed by atoms with Crippen molar-refractivity contribution < 1.29 is 18.0 Å². The largest absolute Gasteiger partial charge is 0.326 e. The number of imide groups is 1. The van der Waals surface area contributed by atoms with Gasteiger partial charge < -0.3 is 5.73 Å². The Morgan fingerprint density at radius 3 is 2.20 bits per heavy atom. The molecule has 1 atom stereocenters. The predicted molar refractivity (Wildman–Crippen MR) is 134 cm³/mol. The third-order valence-electron chi connectivity index (χ3n) is 5.94. The van der Waals surface area contributed by atoms with E-state index in [-0.39, 0.29) is 35.7 Å². The predicted octanol–water partition coefficient (Wildman–Crippen LogP) is 3.17. The maximum absolute atomic E-state index is 13.0. The maximum Gasteiger partial charge on any atom is 0.283 e. The first kappa shape index (κ1) is 24.6. The van der Waals surface area contributed by atoms with E-state index in [1.165, 1.54) is 11.1 Å². The fourth-order valence-corrected chi connectivity index (χ4v) is 5.47. The molecule has 3 aromatic carbocycles.